The molecule has 1 aliphatic carbocycles. The number of hydrogen-bond acceptors (Lipinski definition) is 11. The third-order valence-electron chi connectivity index (χ3n) is 11.6. The van der Waals surface area contributed by atoms with E-state index in [0.29, 0.717) is 12.8 Å². The lowest BCUT2D eigenvalue weighted by atomic mass is 9.85. The number of allylic oxidation sites excluding steroid dienone is 4. The average Bonchev–Trinajstić information content (AvgIpc) is 3.22. The minimum absolute atomic E-state index is 0.225. The Hall–Kier alpha value is -1.22. The number of nitrogens with one attached hydrogen (secondary N) is 1. The highest BCUT2D eigenvalue weighted by Crippen LogP contribution is 2.47. The van der Waals surface area contributed by atoms with E-state index in [4.69, 9.17) is 9.05 Å². The quantitative estimate of drug-likeness (QED) is 0.0163. The molecule has 0 spiro atoms. The fourth-order valence-electron chi connectivity index (χ4n) is 7.65. The second-order valence-electron chi connectivity index (χ2n) is 17.2. The van der Waals surface area contributed by atoms with Gasteiger partial charge in [-0.25, -0.2) is 4.57 Å². The molecule has 0 aromatic heterocycles. The maximum absolute atomic E-state index is 13.0. The lowest BCUT2D eigenvalue weighted by Crippen LogP contribution is -2.64. The number of carbonyl (C=O) groups excluding carboxylic acids is 1. The number of aliphatic hydroxyl groups is 7. The summed E-state index contributed by atoms with van der Waals surface area (Å²) in [5, 5.41) is 74.6. The first-order valence-electron chi connectivity index (χ1n) is 23.9. The minimum Gasteiger partial charge on any atom is -0.393 e. The Morgan fingerprint density at radius 3 is 1.45 bits per heavy atom. The van der Waals surface area contributed by atoms with Crippen molar-refractivity contribution in [2.24, 2.45) is 0 Å². The Balaban J connectivity index is 2.50. The Morgan fingerprint density at radius 1 is 0.583 bits per heavy atom. The van der Waals surface area contributed by atoms with Crippen LogP contribution in [0, 0.1) is 0 Å². The molecule has 13 nitrogen and oxygen atoms in total. The number of carbonyl (C=O) groups is 1. The molecule has 0 heterocycles. The summed E-state index contributed by atoms with van der Waals surface area (Å²) in [4.78, 5) is 23.5. The predicted molar refractivity (Wildman–Crippen MR) is 238 cm³/mol. The van der Waals surface area contributed by atoms with Crippen LogP contribution in [-0.4, -0.2) is 108 Å². The van der Waals surface area contributed by atoms with Crippen LogP contribution < -0.4 is 5.32 Å². The molecule has 0 aliphatic heterocycles. The first kappa shape index (κ1) is 56.8. The van der Waals surface area contributed by atoms with Gasteiger partial charge in [0.1, 0.15) is 36.6 Å². The molecule has 1 aliphatic rings. The predicted octanol–water partition coefficient (Wildman–Crippen LogP) is 7.98. The average molecular weight is 878 g/mol. The van der Waals surface area contributed by atoms with Crippen LogP contribution >= 0.6 is 7.82 Å². The van der Waals surface area contributed by atoms with Gasteiger partial charge in [-0.15, -0.1) is 0 Å². The van der Waals surface area contributed by atoms with Crippen molar-refractivity contribution in [2.45, 2.75) is 255 Å². The standard InChI is InChI=1S/C46H88NO12P/c1-3-5-7-9-11-13-15-17-18-19-20-22-23-25-27-29-31-33-37(48)35-40(50)47-38(39(49)34-32-30-28-26-24-21-16-14-12-10-8-6-4-2)36-58-60(56,57)59-46-44(54)42(52)41(51)43(53)45(46)55/h11,13,15,17,37-39,41-46,48-49,51-55H,3-10,12,14,16,18-36H2,1-2H3,(H,47,50)(H,56,57)/b13-11-,17-15-. The Bertz CT molecular complexity index is 1130. The largest absolute Gasteiger partial charge is 0.472 e. The van der Waals surface area contributed by atoms with Gasteiger partial charge < -0.3 is 46.0 Å². The zero-order chi connectivity index (χ0) is 44.4. The highest BCUT2D eigenvalue weighted by molar-refractivity contribution is 7.47. The highest BCUT2D eigenvalue weighted by atomic mass is 31.2. The van der Waals surface area contributed by atoms with Crippen molar-refractivity contribution in [1.29, 1.82) is 0 Å². The Morgan fingerprint density at radius 2 is 0.967 bits per heavy atom. The van der Waals surface area contributed by atoms with E-state index >= 15 is 0 Å². The molecule has 1 saturated carbocycles. The molecular formula is C46H88NO12P. The number of rotatable bonds is 39. The number of phosphoric ester groups is 1. The molecule has 0 radical (unpaired) electrons. The van der Waals surface area contributed by atoms with Crippen LogP contribution in [0.3, 0.4) is 0 Å². The van der Waals surface area contributed by atoms with E-state index < -0.39 is 75.2 Å². The third-order valence-corrected chi connectivity index (χ3v) is 12.6. The maximum Gasteiger partial charge on any atom is 0.472 e. The van der Waals surface area contributed by atoms with Crippen molar-refractivity contribution in [3.8, 4) is 0 Å². The van der Waals surface area contributed by atoms with E-state index in [1.165, 1.54) is 96.3 Å². The number of hydrogen-bond donors (Lipinski definition) is 9. The summed E-state index contributed by atoms with van der Waals surface area (Å²) in [6.45, 7) is 3.75. The van der Waals surface area contributed by atoms with Crippen LogP contribution in [0.1, 0.15) is 200 Å². The van der Waals surface area contributed by atoms with Gasteiger partial charge in [0.2, 0.25) is 5.91 Å². The minimum atomic E-state index is -5.12. The third kappa shape index (κ3) is 27.8. The number of unbranched alkanes of at least 4 members (excludes halogenated alkanes) is 23. The molecule has 8 unspecified atom stereocenters. The monoisotopic (exact) mass is 878 g/mol. The second-order valence-corrected chi connectivity index (χ2v) is 18.6. The van der Waals surface area contributed by atoms with Crippen molar-refractivity contribution in [1.82, 2.24) is 5.32 Å². The van der Waals surface area contributed by atoms with Gasteiger partial charge in [0.05, 0.1) is 31.3 Å². The van der Waals surface area contributed by atoms with Gasteiger partial charge in [0.15, 0.2) is 0 Å². The molecule has 1 rings (SSSR count). The van der Waals surface area contributed by atoms with Gasteiger partial charge in [0.25, 0.3) is 0 Å². The fraction of sp³-hybridized carbons (Fsp3) is 0.891. The smallest absolute Gasteiger partial charge is 0.393 e. The lowest BCUT2D eigenvalue weighted by Gasteiger charge is -2.41. The first-order valence-corrected chi connectivity index (χ1v) is 25.4. The van der Waals surface area contributed by atoms with Gasteiger partial charge in [-0.1, -0.05) is 179 Å². The molecular weight excluding hydrogens is 789 g/mol. The molecule has 9 N–H and O–H groups in total. The van der Waals surface area contributed by atoms with E-state index in [0.717, 1.165) is 64.2 Å². The van der Waals surface area contributed by atoms with E-state index in [9.17, 15) is 50.0 Å². The van der Waals surface area contributed by atoms with Gasteiger partial charge in [-0.2, -0.15) is 0 Å². The van der Waals surface area contributed by atoms with Crippen LogP contribution in [0.15, 0.2) is 24.3 Å². The summed E-state index contributed by atoms with van der Waals surface area (Å²) < 4.78 is 22.9. The topological polar surface area (TPSA) is 226 Å². The normalized spacial score (nSPS) is 23.6. The summed E-state index contributed by atoms with van der Waals surface area (Å²) in [6, 6.07) is -1.15. The van der Waals surface area contributed by atoms with Gasteiger partial charge in [0, 0.05) is 0 Å². The molecule has 14 heteroatoms. The van der Waals surface area contributed by atoms with Crippen molar-refractivity contribution in [3.63, 3.8) is 0 Å². The number of aliphatic hydroxyl groups excluding tert-OH is 7. The number of amides is 1. The molecule has 0 saturated heterocycles. The van der Waals surface area contributed by atoms with Crippen molar-refractivity contribution in [2.75, 3.05) is 6.61 Å². The lowest BCUT2D eigenvalue weighted by molar-refractivity contribution is -0.220. The van der Waals surface area contributed by atoms with Crippen LogP contribution in [0.4, 0.5) is 0 Å². The summed E-state index contributed by atoms with van der Waals surface area (Å²) in [7, 11) is -5.12. The zero-order valence-corrected chi connectivity index (χ0v) is 38.3. The molecule has 354 valence electrons. The van der Waals surface area contributed by atoms with Gasteiger partial charge in [-0.05, 0) is 38.5 Å². The molecule has 60 heavy (non-hydrogen) atoms. The fourth-order valence-corrected chi connectivity index (χ4v) is 8.61. The summed E-state index contributed by atoms with van der Waals surface area (Å²) in [6.07, 6.45) is 25.0. The molecule has 0 bridgehead atoms. The maximum atomic E-state index is 13.0. The van der Waals surface area contributed by atoms with Crippen LogP contribution in [0.5, 0.6) is 0 Å². The SMILES string of the molecule is CCCCC/C=C\C=C/CCCCCCCCCCC(O)CC(=O)NC(COP(=O)(O)OC1C(O)C(O)C(O)C(O)C1O)C(O)CCCCCCCCCCCCCCC. The van der Waals surface area contributed by atoms with E-state index in [1.807, 2.05) is 0 Å². The first-order chi connectivity index (χ1) is 28.8. The second kappa shape index (κ2) is 36.2. The van der Waals surface area contributed by atoms with E-state index in [2.05, 4.69) is 43.5 Å². The van der Waals surface area contributed by atoms with E-state index in [1.54, 1.807) is 0 Å². The number of phosphoric acid groups is 1. The Labute approximate surface area is 363 Å². The molecule has 1 fully saturated rings. The van der Waals surface area contributed by atoms with Crippen LogP contribution in [-0.2, 0) is 18.4 Å². The summed E-state index contributed by atoms with van der Waals surface area (Å²) in [5.41, 5.74) is 0. The summed E-state index contributed by atoms with van der Waals surface area (Å²) >= 11 is 0. The van der Waals surface area contributed by atoms with Crippen molar-refractivity contribution >= 4 is 13.7 Å². The Kier molecular flexibility index (Phi) is 34.2. The molecule has 0 aromatic rings. The van der Waals surface area contributed by atoms with Crippen molar-refractivity contribution < 1.29 is 59.0 Å². The zero-order valence-electron chi connectivity index (χ0n) is 37.4. The van der Waals surface area contributed by atoms with Crippen LogP contribution in [0.2, 0.25) is 0 Å². The molecule has 0 aromatic carbocycles. The van der Waals surface area contributed by atoms with E-state index in [-0.39, 0.29) is 12.8 Å². The highest BCUT2D eigenvalue weighted by Gasteiger charge is 2.51. The van der Waals surface area contributed by atoms with Gasteiger partial charge >= 0.3 is 7.82 Å². The molecule has 1 amide bonds. The van der Waals surface area contributed by atoms with Gasteiger partial charge in [-0.3, -0.25) is 13.8 Å². The van der Waals surface area contributed by atoms with Crippen LogP contribution in [0.25, 0.3) is 0 Å². The van der Waals surface area contributed by atoms with Crippen molar-refractivity contribution in [3.05, 3.63) is 24.3 Å². The summed E-state index contributed by atoms with van der Waals surface area (Å²) in [5.74, 6) is -0.564. The molecule has 8 atom stereocenters.